The molecule has 0 spiro atoms. The van der Waals surface area contributed by atoms with Gasteiger partial charge in [0.25, 0.3) is 5.91 Å². The summed E-state index contributed by atoms with van der Waals surface area (Å²) in [5.74, 6) is -0.705. The number of anilines is 3. The quantitative estimate of drug-likeness (QED) is 0.287. The normalized spacial score (nSPS) is 14.7. The van der Waals surface area contributed by atoms with E-state index >= 15 is 0 Å². The first-order valence-electron chi connectivity index (χ1n) is 11.4. The second kappa shape index (κ2) is 11.5. The fourth-order valence-corrected chi connectivity index (χ4v) is 3.80. The molecule has 0 unspecified atom stereocenters. The largest absolute Gasteiger partial charge is 0.454 e. The van der Waals surface area contributed by atoms with Gasteiger partial charge in [0.05, 0.1) is 11.1 Å². The van der Waals surface area contributed by atoms with Gasteiger partial charge in [-0.15, -0.1) is 0 Å². The van der Waals surface area contributed by atoms with Crippen LogP contribution >= 0.6 is 11.6 Å². The molecule has 39 heavy (non-hydrogen) atoms. The summed E-state index contributed by atoms with van der Waals surface area (Å²) in [6.45, 7) is -0.965. The lowest BCUT2D eigenvalue weighted by Gasteiger charge is -2.32. The minimum absolute atomic E-state index is 0.0488. The second-order valence-corrected chi connectivity index (χ2v) is 8.84. The highest BCUT2D eigenvalue weighted by Crippen LogP contribution is 2.31. The highest BCUT2D eigenvalue weighted by molar-refractivity contribution is 6.29. The summed E-state index contributed by atoms with van der Waals surface area (Å²) in [4.78, 5) is 29.9. The number of hydrogen-bond acceptors (Lipinski definition) is 8. The highest BCUT2D eigenvalue weighted by atomic mass is 35.5. The molecule has 1 aliphatic rings. The molecule has 0 bridgehead atoms. The summed E-state index contributed by atoms with van der Waals surface area (Å²) >= 11 is 5.76. The Morgan fingerprint density at radius 1 is 1.03 bits per heavy atom. The van der Waals surface area contributed by atoms with E-state index in [1.54, 1.807) is 11.0 Å². The molecule has 0 saturated carbocycles. The zero-order chi connectivity index (χ0) is 28.2. The lowest BCUT2D eigenvalue weighted by atomic mass is 10.0. The van der Waals surface area contributed by atoms with Gasteiger partial charge in [-0.2, -0.15) is 41.3 Å². The number of likely N-dealkylation sites (tertiary alicyclic amines) is 1. The Labute approximate surface area is 222 Å². The third-order valence-corrected chi connectivity index (χ3v) is 5.74. The number of rotatable bonds is 7. The SMILES string of the molecule is O=C(c1ccc(Cl)nc1)N1CCC(Nc2nc(Nc3cccc(C(F)(F)F)c3)nc(OCC(F)(F)F)n2)CC1. The Morgan fingerprint density at radius 3 is 2.38 bits per heavy atom. The smallest absolute Gasteiger partial charge is 0.422 e. The van der Waals surface area contributed by atoms with Gasteiger partial charge in [0.1, 0.15) is 5.15 Å². The van der Waals surface area contributed by atoms with Gasteiger partial charge in [0, 0.05) is 31.0 Å². The maximum absolute atomic E-state index is 13.1. The molecule has 2 aromatic heterocycles. The Hall–Kier alpha value is -3.88. The van der Waals surface area contributed by atoms with Crippen molar-refractivity contribution in [3.8, 4) is 6.01 Å². The first kappa shape index (κ1) is 28.1. The molecule has 9 nitrogen and oxygen atoms in total. The fourth-order valence-electron chi connectivity index (χ4n) is 3.68. The van der Waals surface area contributed by atoms with Gasteiger partial charge in [-0.1, -0.05) is 17.7 Å². The van der Waals surface area contributed by atoms with Gasteiger partial charge < -0.3 is 20.3 Å². The van der Waals surface area contributed by atoms with Gasteiger partial charge in [-0.05, 0) is 43.2 Å². The van der Waals surface area contributed by atoms with E-state index in [0.29, 0.717) is 31.5 Å². The lowest BCUT2D eigenvalue weighted by Crippen LogP contribution is -2.42. The first-order chi connectivity index (χ1) is 18.4. The predicted molar refractivity (Wildman–Crippen MR) is 128 cm³/mol. The van der Waals surface area contributed by atoms with Crippen LogP contribution in [0, 0.1) is 0 Å². The Bertz CT molecular complexity index is 1300. The number of nitrogens with zero attached hydrogens (tertiary/aromatic N) is 5. The molecule has 1 amide bonds. The zero-order valence-electron chi connectivity index (χ0n) is 19.9. The predicted octanol–water partition coefficient (Wildman–Crippen LogP) is 5.34. The molecule has 2 N–H and O–H groups in total. The molecule has 1 fully saturated rings. The maximum atomic E-state index is 13.1. The molecule has 0 radical (unpaired) electrons. The molecule has 0 atom stereocenters. The number of halogens is 7. The lowest BCUT2D eigenvalue weighted by molar-refractivity contribution is -0.154. The van der Waals surface area contributed by atoms with Crippen molar-refractivity contribution in [2.24, 2.45) is 0 Å². The topological polar surface area (TPSA) is 105 Å². The third-order valence-electron chi connectivity index (χ3n) is 5.52. The van der Waals surface area contributed by atoms with E-state index in [4.69, 9.17) is 11.6 Å². The summed E-state index contributed by atoms with van der Waals surface area (Å²) in [5.41, 5.74) is -0.614. The third kappa shape index (κ3) is 8.05. The number of hydrogen-bond donors (Lipinski definition) is 2. The number of carbonyl (C=O) groups excluding carboxylic acids is 1. The highest BCUT2D eigenvalue weighted by Gasteiger charge is 2.31. The summed E-state index contributed by atoms with van der Waals surface area (Å²) < 4.78 is 81.9. The van der Waals surface area contributed by atoms with E-state index in [9.17, 15) is 31.1 Å². The Kier molecular flexibility index (Phi) is 8.28. The number of pyridine rings is 1. The van der Waals surface area contributed by atoms with Gasteiger partial charge in [0.15, 0.2) is 6.61 Å². The van der Waals surface area contributed by atoms with Gasteiger partial charge >= 0.3 is 18.4 Å². The van der Waals surface area contributed by atoms with Crippen molar-refractivity contribution in [3.63, 3.8) is 0 Å². The van der Waals surface area contributed by atoms with Crippen molar-refractivity contribution in [2.75, 3.05) is 30.3 Å². The van der Waals surface area contributed by atoms with Crippen LogP contribution in [0.4, 0.5) is 43.9 Å². The average Bonchev–Trinajstić information content (AvgIpc) is 2.87. The van der Waals surface area contributed by atoms with E-state index in [-0.39, 0.29) is 34.7 Å². The summed E-state index contributed by atoms with van der Waals surface area (Å²) in [7, 11) is 0. The molecule has 0 aliphatic carbocycles. The first-order valence-corrected chi connectivity index (χ1v) is 11.8. The molecule has 208 valence electrons. The van der Waals surface area contributed by atoms with E-state index < -0.39 is 30.5 Å². The van der Waals surface area contributed by atoms with Crippen LogP contribution in [0.5, 0.6) is 6.01 Å². The number of amides is 1. The van der Waals surface area contributed by atoms with Crippen LogP contribution in [0.2, 0.25) is 5.15 Å². The van der Waals surface area contributed by atoms with Gasteiger partial charge in [-0.3, -0.25) is 4.79 Å². The number of nitrogens with one attached hydrogen (secondary N) is 2. The minimum atomic E-state index is -4.67. The molecule has 4 rings (SSSR count). The van der Waals surface area contributed by atoms with E-state index in [0.717, 1.165) is 18.2 Å². The van der Waals surface area contributed by atoms with E-state index in [1.165, 1.54) is 18.3 Å². The number of aromatic nitrogens is 4. The molecular formula is C23H20ClF6N7O2. The zero-order valence-corrected chi connectivity index (χ0v) is 20.6. The van der Waals surface area contributed by atoms with Crippen LogP contribution in [0.3, 0.4) is 0 Å². The van der Waals surface area contributed by atoms with Gasteiger partial charge in [-0.25, -0.2) is 4.98 Å². The summed E-state index contributed by atoms with van der Waals surface area (Å²) in [6, 6.07) is 6.26. The van der Waals surface area contributed by atoms with Crippen LogP contribution in [-0.4, -0.2) is 62.7 Å². The molecule has 16 heteroatoms. The average molecular weight is 576 g/mol. The molecule has 1 saturated heterocycles. The Morgan fingerprint density at radius 2 is 1.74 bits per heavy atom. The van der Waals surface area contributed by atoms with Crippen molar-refractivity contribution in [3.05, 3.63) is 58.9 Å². The standard InChI is InChI=1S/C23H20ClF6N7O2/c24-17-5-4-13(11-31-17)18(38)37-8-6-15(7-9-37)32-19-34-20(36-21(35-19)39-12-22(25,26)27)33-16-3-1-2-14(10-16)23(28,29)30/h1-5,10-11,15H,6-9,12H2,(H2,32,33,34,35,36). The number of piperidine rings is 1. The van der Waals surface area contributed by atoms with Crippen molar-refractivity contribution in [1.82, 2.24) is 24.8 Å². The Balaban J connectivity index is 1.46. The molecule has 3 aromatic rings. The van der Waals surface area contributed by atoms with Crippen molar-refractivity contribution in [2.45, 2.75) is 31.2 Å². The van der Waals surface area contributed by atoms with Crippen LogP contribution in [-0.2, 0) is 6.18 Å². The molecule has 3 heterocycles. The number of benzene rings is 1. The summed E-state index contributed by atoms with van der Waals surface area (Å²) in [6.07, 6.45) is -7.00. The van der Waals surface area contributed by atoms with Crippen LogP contribution < -0.4 is 15.4 Å². The second-order valence-electron chi connectivity index (χ2n) is 8.45. The van der Waals surface area contributed by atoms with Crippen LogP contribution in [0.15, 0.2) is 42.6 Å². The number of carbonyl (C=O) groups is 1. The molecule has 1 aromatic carbocycles. The molecule has 1 aliphatic heterocycles. The fraction of sp³-hybridized carbons (Fsp3) is 0.348. The van der Waals surface area contributed by atoms with Crippen LogP contribution in [0.1, 0.15) is 28.8 Å². The number of alkyl halides is 6. The van der Waals surface area contributed by atoms with Crippen molar-refractivity contribution in [1.29, 1.82) is 0 Å². The van der Waals surface area contributed by atoms with E-state index in [2.05, 4.69) is 35.3 Å². The maximum Gasteiger partial charge on any atom is 0.422 e. The molecular weight excluding hydrogens is 556 g/mol. The van der Waals surface area contributed by atoms with E-state index in [1.807, 2.05) is 0 Å². The van der Waals surface area contributed by atoms with Crippen molar-refractivity contribution < 1.29 is 35.9 Å². The van der Waals surface area contributed by atoms with Crippen LogP contribution in [0.25, 0.3) is 0 Å². The van der Waals surface area contributed by atoms with Gasteiger partial charge in [0.2, 0.25) is 11.9 Å². The number of ether oxygens (including phenoxy) is 1. The monoisotopic (exact) mass is 575 g/mol. The minimum Gasteiger partial charge on any atom is -0.454 e. The van der Waals surface area contributed by atoms with Crippen molar-refractivity contribution >= 4 is 35.1 Å². The summed E-state index contributed by atoms with van der Waals surface area (Å²) in [5, 5.41) is 5.78.